The maximum atomic E-state index is 13.9. The number of nitrogens with zero attached hydrogens (tertiary/aromatic N) is 1. The molecule has 0 spiro atoms. The molecule has 1 aromatic heterocycles. The van der Waals surface area contributed by atoms with E-state index in [1.807, 2.05) is 106 Å². The highest BCUT2D eigenvalue weighted by molar-refractivity contribution is 6.14. The van der Waals surface area contributed by atoms with Crippen LogP contribution in [0.2, 0.25) is 0 Å². The van der Waals surface area contributed by atoms with Crippen molar-refractivity contribution in [3.05, 3.63) is 119 Å². The van der Waals surface area contributed by atoms with Gasteiger partial charge in [0.1, 0.15) is 36.8 Å². The summed E-state index contributed by atoms with van der Waals surface area (Å²) >= 11 is 0. The van der Waals surface area contributed by atoms with Crippen molar-refractivity contribution in [3.8, 4) is 11.1 Å². The van der Waals surface area contributed by atoms with Gasteiger partial charge in [-0.2, -0.15) is 0 Å². The Hall–Kier alpha value is -4.73. The third-order valence-electron chi connectivity index (χ3n) is 10.4. The fraction of sp³-hybridized carbons (Fsp3) is 0.444. The Morgan fingerprint density at radius 2 is 1.53 bits per heavy atom. The third-order valence-corrected chi connectivity index (χ3v) is 10.4. The molecule has 0 unspecified atom stereocenters. The second-order valence-electron chi connectivity index (χ2n) is 14.8. The fourth-order valence-electron chi connectivity index (χ4n) is 7.32. The maximum absolute atomic E-state index is 13.9. The number of carbonyl (C=O) groups excluding carboxylic acids is 3. The first-order valence-corrected chi connectivity index (χ1v) is 19.6. The van der Waals surface area contributed by atoms with Crippen LogP contribution in [0.15, 0.2) is 95.4 Å². The van der Waals surface area contributed by atoms with Gasteiger partial charge in [-0.25, -0.2) is 9.69 Å². The van der Waals surface area contributed by atoms with E-state index in [9.17, 15) is 19.5 Å². The number of imide groups is 1. The van der Waals surface area contributed by atoms with Crippen molar-refractivity contribution < 1.29 is 57.1 Å². The van der Waals surface area contributed by atoms with Crippen LogP contribution in [-0.4, -0.2) is 105 Å². The molecule has 4 aromatic rings. The minimum absolute atomic E-state index is 0.0404. The van der Waals surface area contributed by atoms with E-state index in [2.05, 4.69) is 0 Å². The van der Waals surface area contributed by atoms with Crippen molar-refractivity contribution in [1.82, 2.24) is 4.90 Å². The first-order valence-electron chi connectivity index (χ1n) is 19.6. The predicted molar refractivity (Wildman–Crippen MR) is 212 cm³/mol. The lowest BCUT2D eigenvalue weighted by Crippen LogP contribution is -2.61. The first-order chi connectivity index (χ1) is 28.1. The smallest absolute Gasteiger partial charge is 0.417 e. The molecule has 1 N–H and O–H groups in total. The van der Waals surface area contributed by atoms with E-state index >= 15 is 0 Å². The summed E-state index contributed by atoms with van der Waals surface area (Å²) in [5.41, 5.74) is 4.41. The molecular formula is C45H53NO12. The van der Waals surface area contributed by atoms with E-state index in [0.29, 0.717) is 24.2 Å². The molecule has 13 nitrogen and oxygen atoms in total. The van der Waals surface area contributed by atoms with Crippen molar-refractivity contribution in [1.29, 1.82) is 0 Å². The van der Waals surface area contributed by atoms with Gasteiger partial charge in [0, 0.05) is 32.8 Å². The van der Waals surface area contributed by atoms with E-state index in [-0.39, 0.29) is 44.7 Å². The molecule has 3 heterocycles. The largest absolute Gasteiger partial charge is 0.457 e. The molecule has 2 aliphatic rings. The lowest BCUT2D eigenvalue weighted by molar-refractivity contribution is -0.319. The van der Waals surface area contributed by atoms with Crippen molar-refractivity contribution in [2.24, 2.45) is 5.92 Å². The number of aryl methyl sites for hydroxylation is 2. The van der Waals surface area contributed by atoms with Gasteiger partial charge in [-0.05, 0) is 42.0 Å². The van der Waals surface area contributed by atoms with Crippen LogP contribution in [0.4, 0.5) is 4.79 Å². The number of rotatable bonds is 19. The topological polar surface area (TPSA) is 152 Å². The molecule has 2 aliphatic heterocycles. The summed E-state index contributed by atoms with van der Waals surface area (Å²) in [5.74, 6) is -1.19. The van der Waals surface area contributed by atoms with Crippen LogP contribution in [0, 0.1) is 12.8 Å². The number of hydrogen-bond acceptors (Lipinski definition) is 12. The molecule has 310 valence electrons. The van der Waals surface area contributed by atoms with E-state index in [1.165, 1.54) is 14.2 Å². The van der Waals surface area contributed by atoms with Crippen LogP contribution >= 0.6 is 0 Å². The molecule has 2 saturated heterocycles. The van der Waals surface area contributed by atoms with Crippen LogP contribution in [0.3, 0.4) is 0 Å². The maximum Gasteiger partial charge on any atom is 0.417 e. The zero-order chi connectivity index (χ0) is 41.2. The summed E-state index contributed by atoms with van der Waals surface area (Å²) in [6, 6.07) is 28.3. The fourth-order valence-corrected chi connectivity index (χ4v) is 7.32. The highest BCUT2D eigenvalue weighted by Gasteiger charge is 2.49. The van der Waals surface area contributed by atoms with Crippen LogP contribution < -0.4 is 0 Å². The molecule has 2 fully saturated rings. The SMILES string of the molecule is CO[C@@H](C(=O)c1cc(-c2cccc(C)c2)c(CCCO[C@@H]2[C@@H](OC)O[C@H](CO)[C@@H](OCc3ccccc3)[C@@H]2OCc2ccccc2)o1)C(=O)N1C(=O)OC[C@@H]1C(C)C. The number of hydrogen-bond donors (Lipinski definition) is 1. The highest BCUT2D eigenvalue weighted by Crippen LogP contribution is 2.33. The van der Waals surface area contributed by atoms with Crippen molar-refractivity contribution >= 4 is 17.8 Å². The Balaban J connectivity index is 1.21. The van der Waals surface area contributed by atoms with Gasteiger partial charge in [0.05, 0.1) is 25.9 Å². The number of methoxy groups -OCH3 is 2. The number of aliphatic hydroxyl groups excluding tert-OH is 1. The molecule has 0 saturated carbocycles. The van der Waals surface area contributed by atoms with Gasteiger partial charge < -0.3 is 42.7 Å². The van der Waals surface area contributed by atoms with Gasteiger partial charge >= 0.3 is 6.09 Å². The molecule has 0 radical (unpaired) electrons. The van der Waals surface area contributed by atoms with Gasteiger partial charge in [0.15, 0.2) is 12.1 Å². The highest BCUT2D eigenvalue weighted by atomic mass is 16.7. The van der Waals surface area contributed by atoms with E-state index in [1.54, 1.807) is 6.07 Å². The zero-order valence-corrected chi connectivity index (χ0v) is 33.6. The second-order valence-corrected chi connectivity index (χ2v) is 14.8. The van der Waals surface area contributed by atoms with Gasteiger partial charge in [0.25, 0.3) is 5.91 Å². The number of ketones is 1. The minimum atomic E-state index is -1.62. The average Bonchev–Trinajstić information content (AvgIpc) is 3.85. The number of furan rings is 1. The third kappa shape index (κ3) is 10.1. The minimum Gasteiger partial charge on any atom is -0.457 e. The lowest BCUT2D eigenvalue weighted by Gasteiger charge is -2.45. The van der Waals surface area contributed by atoms with Gasteiger partial charge in [-0.15, -0.1) is 0 Å². The van der Waals surface area contributed by atoms with Crippen LogP contribution in [0.1, 0.15) is 53.3 Å². The molecule has 6 rings (SSSR count). The molecule has 58 heavy (non-hydrogen) atoms. The summed E-state index contributed by atoms with van der Waals surface area (Å²) in [4.78, 5) is 41.1. The number of benzene rings is 3. The average molecular weight is 800 g/mol. The van der Waals surface area contributed by atoms with Crippen LogP contribution in [0.25, 0.3) is 11.1 Å². The Labute approximate surface area is 339 Å². The predicted octanol–water partition coefficient (Wildman–Crippen LogP) is 6.31. The molecule has 13 heteroatoms. The Bertz CT molecular complexity index is 1950. The first kappa shape index (κ1) is 42.9. The molecular weight excluding hydrogens is 746 g/mol. The quantitative estimate of drug-likeness (QED) is 0.0643. The van der Waals surface area contributed by atoms with Crippen molar-refractivity contribution in [2.75, 3.05) is 34.0 Å². The summed E-state index contributed by atoms with van der Waals surface area (Å²) in [6.45, 7) is 6.15. The molecule has 0 aliphatic carbocycles. The zero-order valence-electron chi connectivity index (χ0n) is 33.6. The number of amides is 2. The number of cyclic esters (lactones) is 1. The van der Waals surface area contributed by atoms with Gasteiger partial charge in [-0.3, -0.25) is 9.59 Å². The number of carbonyl (C=O) groups is 3. The molecule has 3 aromatic carbocycles. The molecule has 0 bridgehead atoms. The lowest BCUT2D eigenvalue weighted by atomic mass is 9.98. The number of Topliss-reactive ketones (excluding diaryl/α,β-unsaturated/α-hetero) is 1. The monoisotopic (exact) mass is 799 g/mol. The summed E-state index contributed by atoms with van der Waals surface area (Å²) < 4.78 is 48.3. The Kier molecular flexibility index (Phi) is 15.0. The normalized spacial score (nSPS) is 22.6. The van der Waals surface area contributed by atoms with Crippen LogP contribution in [0.5, 0.6) is 0 Å². The van der Waals surface area contributed by atoms with E-state index in [4.69, 9.17) is 37.6 Å². The van der Waals surface area contributed by atoms with E-state index < -0.39 is 60.6 Å². The van der Waals surface area contributed by atoms with Crippen LogP contribution in [-0.2, 0) is 57.6 Å². The summed E-state index contributed by atoms with van der Waals surface area (Å²) in [6.07, 6.45) is -5.41. The summed E-state index contributed by atoms with van der Waals surface area (Å²) in [5, 5.41) is 10.4. The van der Waals surface area contributed by atoms with Gasteiger partial charge in [-0.1, -0.05) is 104 Å². The molecule has 7 atom stereocenters. The van der Waals surface area contributed by atoms with E-state index in [0.717, 1.165) is 27.2 Å². The standard InChI is InChI=1S/C45H53NO12/c1-28(2)34-27-56-45(50)46(34)43(49)40(51-4)38(48)36-23-33(32-19-12-14-29(3)22-32)35(57-36)20-13-21-53-42-41(55-26-31-17-10-7-11-18-31)39(37(24-47)58-44(42)52-5)54-25-30-15-8-6-9-16-30/h6-12,14-19,22-23,28,34,37,39-42,44,47H,13,20-21,24-27H2,1-5H3/t34-,37-,39-,40+,41+,42+,44+/m1/s1. The number of aliphatic hydroxyl groups is 1. The second kappa shape index (κ2) is 20.3. The summed E-state index contributed by atoms with van der Waals surface area (Å²) in [7, 11) is 2.76. The van der Waals surface area contributed by atoms with Crippen molar-refractivity contribution in [2.45, 2.75) is 89.7 Å². The van der Waals surface area contributed by atoms with Gasteiger partial charge in [0.2, 0.25) is 11.9 Å². The Morgan fingerprint density at radius 3 is 2.14 bits per heavy atom. The number of ether oxygens (including phenoxy) is 7. The van der Waals surface area contributed by atoms with Crippen molar-refractivity contribution in [3.63, 3.8) is 0 Å². The Morgan fingerprint density at radius 1 is 0.862 bits per heavy atom. The molecule has 2 amide bonds.